The van der Waals surface area contributed by atoms with Crippen LogP contribution >= 0.6 is 0 Å². The first-order valence-corrected chi connectivity index (χ1v) is 11.8. The van der Waals surface area contributed by atoms with Crippen LogP contribution in [-0.2, 0) is 14.9 Å². The number of nitrogens with one attached hydrogen (secondary N) is 1. The molecule has 7 nitrogen and oxygen atoms in total. The van der Waals surface area contributed by atoms with Gasteiger partial charge in [0, 0.05) is 55.8 Å². The van der Waals surface area contributed by atoms with Crippen molar-refractivity contribution in [2.24, 2.45) is 5.92 Å². The molecule has 2 N–H and O–H groups in total. The van der Waals surface area contributed by atoms with E-state index in [1.807, 2.05) is 4.90 Å². The number of anilines is 1. The van der Waals surface area contributed by atoms with E-state index >= 15 is 0 Å². The lowest BCUT2D eigenvalue weighted by Crippen LogP contribution is -2.51. The summed E-state index contributed by atoms with van der Waals surface area (Å²) in [6.45, 7) is 9.85. The number of likely N-dealkylation sites (tertiary alicyclic amines) is 1. The van der Waals surface area contributed by atoms with Gasteiger partial charge in [-0.3, -0.25) is 0 Å². The minimum absolute atomic E-state index is 0.102. The highest BCUT2D eigenvalue weighted by atomic mass is 19.4. The van der Waals surface area contributed by atoms with Crippen LogP contribution in [0, 0.1) is 5.92 Å². The number of carboxylic acid groups (broad SMARTS) is 1. The summed E-state index contributed by atoms with van der Waals surface area (Å²) in [5.41, 5.74) is 3.09. The highest BCUT2D eigenvalue weighted by Crippen LogP contribution is 2.47. The van der Waals surface area contributed by atoms with Crippen LogP contribution in [-0.4, -0.2) is 73.6 Å². The minimum Gasteiger partial charge on any atom is -0.475 e. The molecule has 2 atom stereocenters. The van der Waals surface area contributed by atoms with Gasteiger partial charge in [-0.1, -0.05) is 25.1 Å². The van der Waals surface area contributed by atoms with E-state index in [2.05, 4.69) is 48.3 Å². The molecule has 2 amide bonds. The lowest BCUT2D eigenvalue weighted by atomic mass is 9.74. The van der Waals surface area contributed by atoms with Crippen LogP contribution in [0.5, 0.6) is 0 Å². The highest BCUT2D eigenvalue weighted by molar-refractivity contribution is 5.75. The summed E-state index contributed by atoms with van der Waals surface area (Å²) in [6, 6.07) is 9.27. The number of nitrogens with zero attached hydrogens (tertiary/aromatic N) is 2. The summed E-state index contributed by atoms with van der Waals surface area (Å²) < 4.78 is 37.3. The Bertz CT molecular complexity index is 850. The maximum absolute atomic E-state index is 12.5. The Labute approximate surface area is 198 Å². The zero-order valence-electron chi connectivity index (χ0n) is 19.7. The van der Waals surface area contributed by atoms with Crippen molar-refractivity contribution in [1.29, 1.82) is 0 Å². The van der Waals surface area contributed by atoms with E-state index in [1.165, 1.54) is 17.7 Å². The Morgan fingerprint density at radius 2 is 1.91 bits per heavy atom. The zero-order valence-corrected chi connectivity index (χ0v) is 19.7. The van der Waals surface area contributed by atoms with E-state index in [-0.39, 0.29) is 17.5 Å². The van der Waals surface area contributed by atoms with Gasteiger partial charge in [0.1, 0.15) is 0 Å². The molecule has 3 aliphatic rings. The summed E-state index contributed by atoms with van der Waals surface area (Å²) >= 11 is 0. The number of carboxylic acids is 1. The van der Waals surface area contributed by atoms with Crippen LogP contribution in [0.15, 0.2) is 24.3 Å². The molecular weight excluding hydrogens is 451 g/mol. The second-order valence-electron chi connectivity index (χ2n) is 9.46. The van der Waals surface area contributed by atoms with Crippen molar-refractivity contribution in [1.82, 2.24) is 10.2 Å². The monoisotopic (exact) mass is 485 g/mol. The van der Waals surface area contributed by atoms with Crippen LogP contribution in [0.1, 0.15) is 45.1 Å². The molecule has 190 valence electrons. The van der Waals surface area contributed by atoms with Gasteiger partial charge < -0.3 is 25.0 Å². The minimum atomic E-state index is -5.08. The van der Waals surface area contributed by atoms with Crippen LogP contribution < -0.4 is 10.2 Å². The first-order valence-electron chi connectivity index (χ1n) is 11.8. The summed E-state index contributed by atoms with van der Waals surface area (Å²) in [6.07, 6.45) is -0.836. The van der Waals surface area contributed by atoms with Crippen molar-refractivity contribution in [3.05, 3.63) is 29.8 Å². The molecule has 1 spiro atoms. The Morgan fingerprint density at radius 1 is 1.26 bits per heavy atom. The van der Waals surface area contributed by atoms with E-state index < -0.39 is 12.1 Å². The molecule has 2 fully saturated rings. The number of rotatable bonds is 4. The van der Waals surface area contributed by atoms with Crippen LogP contribution in [0.2, 0.25) is 0 Å². The van der Waals surface area contributed by atoms with Crippen molar-refractivity contribution in [3.63, 3.8) is 0 Å². The van der Waals surface area contributed by atoms with Crippen molar-refractivity contribution in [2.75, 3.05) is 44.3 Å². The molecule has 34 heavy (non-hydrogen) atoms. The van der Waals surface area contributed by atoms with Crippen molar-refractivity contribution < 1.29 is 32.6 Å². The molecule has 3 aliphatic heterocycles. The van der Waals surface area contributed by atoms with Gasteiger partial charge in [-0.15, -0.1) is 0 Å². The molecule has 0 bridgehead atoms. The Kier molecular flexibility index (Phi) is 8.33. The van der Waals surface area contributed by atoms with Gasteiger partial charge in [0.2, 0.25) is 0 Å². The van der Waals surface area contributed by atoms with Crippen LogP contribution in [0.4, 0.5) is 23.7 Å². The topological polar surface area (TPSA) is 82.1 Å². The molecule has 3 heterocycles. The molecule has 2 saturated heterocycles. The fourth-order valence-electron chi connectivity index (χ4n) is 4.90. The molecule has 10 heteroatoms. The first kappa shape index (κ1) is 26.1. The third-order valence-electron chi connectivity index (χ3n) is 7.04. The maximum atomic E-state index is 12.5. The van der Waals surface area contributed by atoms with Crippen molar-refractivity contribution >= 4 is 17.7 Å². The van der Waals surface area contributed by atoms with Gasteiger partial charge in [-0.2, -0.15) is 13.2 Å². The normalized spacial score (nSPS) is 22.1. The van der Waals surface area contributed by atoms with Crippen molar-refractivity contribution in [3.8, 4) is 0 Å². The molecule has 4 rings (SSSR count). The summed E-state index contributed by atoms with van der Waals surface area (Å²) in [4.78, 5) is 26.0. The van der Waals surface area contributed by atoms with Gasteiger partial charge in [0.15, 0.2) is 0 Å². The van der Waals surface area contributed by atoms with E-state index in [4.69, 9.17) is 14.6 Å². The van der Waals surface area contributed by atoms with E-state index in [0.717, 1.165) is 58.7 Å². The molecule has 1 aromatic carbocycles. The number of alkyl halides is 3. The highest BCUT2D eigenvalue weighted by Gasteiger charge is 2.45. The number of amides is 2. The Hall–Kier alpha value is -2.49. The predicted octanol–water partition coefficient (Wildman–Crippen LogP) is 4.02. The number of hydrogen-bond acceptors (Lipinski definition) is 4. The number of halogens is 3. The number of para-hydroxylation sites is 1. The number of piperidine rings is 1. The molecule has 0 aromatic heterocycles. The summed E-state index contributed by atoms with van der Waals surface area (Å²) in [5, 5.41) is 10.2. The third kappa shape index (κ3) is 6.14. The number of carbonyl (C=O) groups is 2. The standard InChI is InChI=1S/C22H33N3O2.C2HF3O2/c1-3-17(2)23-21(26)24-11-9-22(10-12-24)16-25(14-18-8-13-27-15-18)20-7-5-4-6-19(20)22;3-2(4,5)1(6)7/h4-7,17-18H,3,8-16H2,1-2H3,(H,23,26);(H,6,7). The number of aliphatic carboxylic acids is 1. The molecule has 0 radical (unpaired) electrons. The first-order chi connectivity index (χ1) is 16.1. The average molecular weight is 486 g/mol. The molecule has 0 saturated carbocycles. The number of carbonyl (C=O) groups excluding carboxylic acids is 1. The lowest BCUT2D eigenvalue weighted by Gasteiger charge is -2.40. The van der Waals surface area contributed by atoms with Gasteiger partial charge in [0.25, 0.3) is 0 Å². The quantitative estimate of drug-likeness (QED) is 0.673. The SMILES string of the molecule is CCC(C)NC(=O)N1CCC2(CC1)CN(CC1CCOC1)c1ccccc12.O=C(O)C(F)(F)F. The summed E-state index contributed by atoms with van der Waals surface area (Å²) in [5.74, 6) is -2.11. The Balaban J connectivity index is 0.000000406. The second-order valence-corrected chi connectivity index (χ2v) is 9.46. The molecular formula is C24H34F3N3O4. The molecule has 1 aromatic rings. The van der Waals surface area contributed by atoms with Gasteiger partial charge >= 0.3 is 18.2 Å². The van der Waals surface area contributed by atoms with E-state index in [1.54, 1.807) is 0 Å². The molecule has 0 aliphatic carbocycles. The van der Waals surface area contributed by atoms with Gasteiger partial charge in [0.05, 0.1) is 6.61 Å². The van der Waals surface area contributed by atoms with Gasteiger partial charge in [-0.05, 0) is 44.2 Å². The zero-order chi connectivity index (χ0) is 24.9. The van der Waals surface area contributed by atoms with E-state index in [9.17, 15) is 18.0 Å². The number of ether oxygens (including phenoxy) is 1. The van der Waals surface area contributed by atoms with Gasteiger partial charge in [-0.25, -0.2) is 9.59 Å². The van der Waals surface area contributed by atoms with Crippen LogP contribution in [0.3, 0.4) is 0 Å². The average Bonchev–Trinajstić information content (AvgIpc) is 3.41. The lowest BCUT2D eigenvalue weighted by molar-refractivity contribution is -0.192. The number of urea groups is 1. The van der Waals surface area contributed by atoms with E-state index in [0.29, 0.717) is 5.92 Å². The molecule has 2 unspecified atom stereocenters. The predicted molar refractivity (Wildman–Crippen MR) is 122 cm³/mol. The number of benzene rings is 1. The van der Waals surface area contributed by atoms with Crippen LogP contribution in [0.25, 0.3) is 0 Å². The Morgan fingerprint density at radius 3 is 2.47 bits per heavy atom. The maximum Gasteiger partial charge on any atom is 0.490 e. The fraction of sp³-hybridized carbons (Fsp3) is 0.667. The number of hydrogen-bond donors (Lipinski definition) is 2. The van der Waals surface area contributed by atoms with Crippen molar-refractivity contribution in [2.45, 2.75) is 57.2 Å². The third-order valence-corrected chi connectivity index (χ3v) is 7.04. The largest absolute Gasteiger partial charge is 0.490 e. The smallest absolute Gasteiger partial charge is 0.475 e. The number of fused-ring (bicyclic) bond motifs is 2. The summed E-state index contributed by atoms with van der Waals surface area (Å²) in [7, 11) is 0. The second kappa shape index (κ2) is 10.8. The fourth-order valence-corrected chi connectivity index (χ4v) is 4.90.